The lowest BCUT2D eigenvalue weighted by atomic mass is 10.7. The van der Waals surface area contributed by atoms with Crippen molar-refractivity contribution in [3.8, 4) is 6.01 Å². The highest BCUT2D eigenvalue weighted by molar-refractivity contribution is 5.25. The highest BCUT2D eigenvalue weighted by Gasteiger charge is 2.29. The number of halogens is 3. The molecule has 0 fully saturated rings. The van der Waals surface area contributed by atoms with Gasteiger partial charge in [0.25, 0.3) is 0 Å². The van der Waals surface area contributed by atoms with Gasteiger partial charge in [0.1, 0.15) is 6.33 Å². The largest absolute Gasteiger partial charge is 0.454 e. The van der Waals surface area contributed by atoms with E-state index in [2.05, 4.69) is 19.7 Å². The first-order chi connectivity index (χ1) is 6.88. The Labute approximate surface area is 83.9 Å². The molecule has 1 aromatic rings. The maximum absolute atomic E-state index is 11.8. The first-order valence-corrected chi connectivity index (χ1v) is 3.94. The summed E-state index contributed by atoms with van der Waals surface area (Å²) in [4.78, 5) is 12.4. The van der Waals surface area contributed by atoms with Gasteiger partial charge < -0.3 is 9.64 Å². The molecule has 0 saturated carbocycles. The summed E-state index contributed by atoms with van der Waals surface area (Å²) < 4.78 is 39.7. The van der Waals surface area contributed by atoms with Crippen LogP contribution in [0.5, 0.6) is 6.01 Å². The van der Waals surface area contributed by atoms with Crippen molar-refractivity contribution in [2.75, 3.05) is 25.6 Å². The monoisotopic (exact) mass is 222 g/mol. The van der Waals surface area contributed by atoms with Gasteiger partial charge in [-0.05, 0) is 0 Å². The average molecular weight is 222 g/mol. The lowest BCUT2D eigenvalue weighted by Crippen LogP contribution is -2.21. The molecule has 8 heteroatoms. The number of anilines is 1. The van der Waals surface area contributed by atoms with Gasteiger partial charge in [0.05, 0.1) is 0 Å². The molecule has 0 unspecified atom stereocenters. The first kappa shape index (κ1) is 11.5. The van der Waals surface area contributed by atoms with Crippen LogP contribution in [0.1, 0.15) is 0 Å². The summed E-state index contributed by atoms with van der Waals surface area (Å²) in [6.07, 6.45) is -3.31. The number of alkyl halides is 3. The minimum atomic E-state index is -4.40. The second-order valence-electron chi connectivity index (χ2n) is 2.87. The lowest BCUT2D eigenvalue weighted by Gasteiger charge is -2.11. The standard InChI is InChI=1S/C7H9F3N4O/c1-14(2)5-11-4-12-6(13-5)15-3-7(8,9)10/h4H,3H2,1-2H3. The highest BCUT2D eigenvalue weighted by atomic mass is 19.4. The van der Waals surface area contributed by atoms with Crippen molar-refractivity contribution in [3.05, 3.63) is 6.33 Å². The Morgan fingerprint density at radius 3 is 2.53 bits per heavy atom. The van der Waals surface area contributed by atoms with Gasteiger partial charge in [0, 0.05) is 14.1 Å². The number of hydrogen-bond donors (Lipinski definition) is 0. The zero-order valence-electron chi connectivity index (χ0n) is 8.12. The van der Waals surface area contributed by atoms with E-state index in [1.54, 1.807) is 14.1 Å². The van der Waals surface area contributed by atoms with Crippen molar-refractivity contribution in [2.45, 2.75) is 6.18 Å². The summed E-state index contributed by atoms with van der Waals surface area (Å²) in [6, 6.07) is -0.342. The molecule has 0 bridgehead atoms. The molecule has 0 spiro atoms. The van der Waals surface area contributed by atoms with Crippen molar-refractivity contribution in [2.24, 2.45) is 0 Å². The zero-order valence-corrected chi connectivity index (χ0v) is 8.12. The summed E-state index contributed by atoms with van der Waals surface area (Å²) in [6.45, 7) is -1.41. The van der Waals surface area contributed by atoms with Crippen molar-refractivity contribution < 1.29 is 17.9 Å². The van der Waals surface area contributed by atoms with E-state index in [9.17, 15) is 13.2 Å². The number of ether oxygens (including phenoxy) is 1. The van der Waals surface area contributed by atoms with Crippen LogP contribution in [0.3, 0.4) is 0 Å². The third-order valence-electron chi connectivity index (χ3n) is 1.30. The minimum absolute atomic E-state index is 0.238. The zero-order chi connectivity index (χ0) is 11.5. The molecule has 0 aliphatic rings. The molecular weight excluding hydrogens is 213 g/mol. The van der Waals surface area contributed by atoms with Gasteiger partial charge in [0.15, 0.2) is 6.61 Å². The molecule has 0 N–H and O–H groups in total. The Kier molecular flexibility index (Phi) is 3.28. The SMILES string of the molecule is CN(C)c1ncnc(OCC(F)(F)F)n1. The van der Waals surface area contributed by atoms with E-state index in [1.807, 2.05) is 0 Å². The topological polar surface area (TPSA) is 51.1 Å². The van der Waals surface area contributed by atoms with Gasteiger partial charge in [-0.15, -0.1) is 0 Å². The molecule has 1 rings (SSSR count). The van der Waals surface area contributed by atoms with Crippen LogP contribution in [-0.2, 0) is 0 Å². The van der Waals surface area contributed by atoms with Crippen LogP contribution in [0.4, 0.5) is 19.1 Å². The highest BCUT2D eigenvalue weighted by Crippen LogP contribution is 2.16. The number of rotatable bonds is 3. The van der Waals surface area contributed by atoms with Gasteiger partial charge in [-0.25, -0.2) is 4.98 Å². The maximum Gasteiger partial charge on any atom is 0.422 e. The van der Waals surface area contributed by atoms with E-state index in [0.29, 0.717) is 0 Å². The van der Waals surface area contributed by atoms with Crippen LogP contribution in [-0.4, -0.2) is 41.8 Å². The van der Waals surface area contributed by atoms with E-state index in [0.717, 1.165) is 6.33 Å². The van der Waals surface area contributed by atoms with Gasteiger partial charge in [-0.2, -0.15) is 23.1 Å². The fourth-order valence-electron chi connectivity index (χ4n) is 0.705. The Hall–Kier alpha value is -1.60. The van der Waals surface area contributed by atoms with Crippen LogP contribution in [0, 0.1) is 0 Å². The molecule has 0 amide bonds. The summed E-state index contributed by atoms with van der Waals surface area (Å²) >= 11 is 0. The minimum Gasteiger partial charge on any atom is -0.454 e. The van der Waals surface area contributed by atoms with Crippen LogP contribution >= 0.6 is 0 Å². The summed E-state index contributed by atoms with van der Waals surface area (Å²) in [7, 11) is 3.31. The normalized spacial score (nSPS) is 11.3. The Bertz CT molecular complexity index is 328. The fraction of sp³-hybridized carbons (Fsp3) is 0.571. The quantitative estimate of drug-likeness (QED) is 0.759. The third-order valence-corrected chi connectivity index (χ3v) is 1.30. The third kappa shape index (κ3) is 3.96. The lowest BCUT2D eigenvalue weighted by molar-refractivity contribution is -0.154. The second-order valence-corrected chi connectivity index (χ2v) is 2.87. The fourth-order valence-corrected chi connectivity index (χ4v) is 0.705. The van der Waals surface area contributed by atoms with Gasteiger partial charge >= 0.3 is 12.2 Å². The van der Waals surface area contributed by atoms with Crippen molar-refractivity contribution in [3.63, 3.8) is 0 Å². The van der Waals surface area contributed by atoms with E-state index < -0.39 is 12.8 Å². The first-order valence-electron chi connectivity index (χ1n) is 3.94. The van der Waals surface area contributed by atoms with Crippen LogP contribution in [0.25, 0.3) is 0 Å². The second kappa shape index (κ2) is 4.28. The van der Waals surface area contributed by atoms with Gasteiger partial charge in [-0.3, -0.25) is 0 Å². The molecule has 1 heterocycles. The maximum atomic E-state index is 11.8. The Morgan fingerprint density at radius 1 is 1.33 bits per heavy atom. The molecule has 0 atom stereocenters. The summed E-state index contributed by atoms with van der Waals surface area (Å²) in [5.74, 6) is 0.238. The van der Waals surface area contributed by atoms with Crippen molar-refractivity contribution in [1.29, 1.82) is 0 Å². The summed E-state index contributed by atoms with van der Waals surface area (Å²) in [5.41, 5.74) is 0. The van der Waals surface area contributed by atoms with E-state index in [1.165, 1.54) is 4.90 Å². The van der Waals surface area contributed by atoms with Crippen molar-refractivity contribution >= 4 is 5.95 Å². The molecular formula is C7H9F3N4O. The summed E-state index contributed by atoms with van der Waals surface area (Å²) in [5, 5.41) is 0. The molecule has 84 valence electrons. The Balaban J connectivity index is 2.66. The van der Waals surface area contributed by atoms with E-state index >= 15 is 0 Å². The molecule has 0 aromatic carbocycles. The van der Waals surface area contributed by atoms with Crippen molar-refractivity contribution in [1.82, 2.24) is 15.0 Å². The predicted molar refractivity (Wildman–Crippen MR) is 45.7 cm³/mol. The molecule has 15 heavy (non-hydrogen) atoms. The predicted octanol–water partition coefficient (Wildman–Crippen LogP) is 0.879. The molecule has 0 aliphatic heterocycles. The smallest absolute Gasteiger partial charge is 0.422 e. The molecule has 0 aliphatic carbocycles. The molecule has 0 saturated heterocycles. The number of aromatic nitrogens is 3. The average Bonchev–Trinajstić information content (AvgIpc) is 2.14. The Morgan fingerprint density at radius 2 is 2.00 bits per heavy atom. The van der Waals surface area contributed by atoms with Gasteiger partial charge in [0.2, 0.25) is 5.95 Å². The number of hydrogen-bond acceptors (Lipinski definition) is 5. The number of nitrogens with zero attached hydrogens (tertiary/aromatic N) is 4. The molecule has 5 nitrogen and oxygen atoms in total. The van der Waals surface area contributed by atoms with Crippen LogP contribution in [0.2, 0.25) is 0 Å². The van der Waals surface area contributed by atoms with E-state index in [4.69, 9.17) is 0 Å². The molecule has 1 aromatic heterocycles. The van der Waals surface area contributed by atoms with Crippen LogP contribution < -0.4 is 9.64 Å². The van der Waals surface area contributed by atoms with E-state index in [-0.39, 0.29) is 12.0 Å². The van der Waals surface area contributed by atoms with Gasteiger partial charge in [-0.1, -0.05) is 0 Å². The molecule has 0 radical (unpaired) electrons. The van der Waals surface area contributed by atoms with Crippen LogP contribution in [0.15, 0.2) is 6.33 Å².